The summed E-state index contributed by atoms with van der Waals surface area (Å²) in [6, 6.07) is 4.94. The van der Waals surface area contributed by atoms with Gasteiger partial charge in [-0.25, -0.2) is 4.39 Å². The number of hydrogen-bond acceptors (Lipinski definition) is 4. The Kier molecular flexibility index (Phi) is 4.19. The second-order valence-corrected chi connectivity index (χ2v) is 6.63. The van der Waals surface area contributed by atoms with Gasteiger partial charge in [-0.15, -0.1) is 0 Å². The van der Waals surface area contributed by atoms with Gasteiger partial charge >= 0.3 is 0 Å². The fraction of sp³-hybridized carbons (Fsp3) is 0.600. The van der Waals surface area contributed by atoms with E-state index in [2.05, 4.69) is 0 Å². The maximum Gasteiger partial charge on any atom is 0.131 e. The largest absolute Gasteiger partial charge is 0.490 e. The lowest BCUT2D eigenvalue weighted by molar-refractivity contribution is -0.0959. The second-order valence-electron chi connectivity index (χ2n) is 5.52. The smallest absolute Gasteiger partial charge is 0.131 e. The van der Waals surface area contributed by atoms with E-state index in [1.807, 2.05) is 11.8 Å². The summed E-state index contributed by atoms with van der Waals surface area (Å²) in [5, 5.41) is 0. The molecule has 110 valence electrons. The topological polar surface area (TPSA) is 44.5 Å². The van der Waals surface area contributed by atoms with Crippen molar-refractivity contribution in [1.29, 1.82) is 0 Å². The maximum absolute atomic E-state index is 13.7. The summed E-state index contributed by atoms with van der Waals surface area (Å²) in [4.78, 5) is 0. The average Bonchev–Trinajstić information content (AvgIpc) is 2.87. The SMILES string of the molecule is NCc1ccc(OC2CCOC3(CCSC3)C2)cc1F. The van der Waals surface area contributed by atoms with Crippen molar-refractivity contribution in [2.75, 3.05) is 18.1 Å². The second kappa shape index (κ2) is 5.92. The molecule has 5 heteroatoms. The molecule has 0 aliphatic carbocycles. The van der Waals surface area contributed by atoms with Crippen LogP contribution in [0.2, 0.25) is 0 Å². The third kappa shape index (κ3) is 2.95. The van der Waals surface area contributed by atoms with Crippen molar-refractivity contribution < 1.29 is 13.9 Å². The molecule has 3 rings (SSSR count). The van der Waals surface area contributed by atoms with E-state index in [0.717, 1.165) is 37.4 Å². The fourth-order valence-electron chi connectivity index (χ4n) is 2.91. The molecule has 1 aromatic carbocycles. The molecule has 0 amide bonds. The molecular weight excluding hydrogens is 277 g/mol. The summed E-state index contributed by atoms with van der Waals surface area (Å²) < 4.78 is 25.6. The van der Waals surface area contributed by atoms with Crippen molar-refractivity contribution in [1.82, 2.24) is 0 Å². The average molecular weight is 297 g/mol. The van der Waals surface area contributed by atoms with Crippen LogP contribution in [0.15, 0.2) is 18.2 Å². The Bertz CT molecular complexity index is 477. The summed E-state index contributed by atoms with van der Waals surface area (Å²) in [7, 11) is 0. The Morgan fingerprint density at radius 3 is 3.10 bits per heavy atom. The molecule has 2 saturated heterocycles. The molecule has 20 heavy (non-hydrogen) atoms. The molecule has 1 aromatic rings. The maximum atomic E-state index is 13.7. The highest BCUT2D eigenvalue weighted by molar-refractivity contribution is 7.99. The van der Waals surface area contributed by atoms with E-state index < -0.39 is 0 Å². The lowest BCUT2D eigenvalue weighted by Gasteiger charge is -2.37. The molecule has 2 atom stereocenters. The van der Waals surface area contributed by atoms with Gasteiger partial charge in [0.1, 0.15) is 17.7 Å². The molecular formula is C15H20FNO2S. The molecule has 0 aromatic heterocycles. The fourth-order valence-corrected chi connectivity index (χ4v) is 4.28. The highest BCUT2D eigenvalue weighted by Crippen LogP contribution is 2.39. The van der Waals surface area contributed by atoms with Crippen molar-refractivity contribution in [3.63, 3.8) is 0 Å². The predicted molar refractivity (Wildman–Crippen MR) is 78.6 cm³/mol. The molecule has 0 radical (unpaired) electrons. The van der Waals surface area contributed by atoms with Crippen molar-refractivity contribution in [3.8, 4) is 5.75 Å². The summed E-state index contributed by atoms with van der Waals surface area (Å²) in [6.45, 7) is 0.943. The summed E-state index contributed by atoms with van der Waals surface area (Å²) in [6.07, 6.45) is 2.98. The summed E-state index contributed by atoms with van der Waals surface area (Å²) >= 11 is 1.94. The molecule has 0 bridgehead atoms. The normalized spacial score (nSPS) is 29.8. The molecule has 1 spiro atoms. The van der Waals surface area contributed by atoms with Crippen LogP contribution in [0.4, 0.5) is 4.39 Å². The summed E-state index contributed by atoms with van der Waals surface area (Å²) in [5.41, 5.74) is 5.97. The van der Waals surface area contributed by atoms with Crippen LogP contribution in [-0.2, 0) is 11.3 Å². The van der Waals surface area contributed by atoms with Crippen LogP contribution < -0.4 is 10.5 Å². The molecule has 3 nitrogen and oxygen atoms in total. The number of nitrogens with two attached hydrogens (primary N) is 1. The van der Waals surface area contributed by atoms with Crippen LogP contribution in [-0.4, -0.2) is 29.8 Å². The Balaban J connectivity index is 1.66. The van der Waals surface area contributed by atoms with Crippen molar-refractivity contribution in [2.45, 2.75) is 37.5 Å². The first-order valence-electron chi connectivity index (χ1n) is 7.08. The molecule has 2 heterocycles. The standard InChI is InChI=1S/C15H20FNO2S/c16-14-7-12(2-1-11(14)9-17)19-13-3-5-18-15(8-13)4-6-20-10-15/h1-2,7,13H,3-6,8-10,17H2. The predicted octanol–water partition coefficient (Wildman–Crippen LogP) is 2.72. The van der Waals surface area contributed by atoms with Gasteiger partial charge in [-0.05, 0) is 18.2 Å². The number of ether oxygens (including phenoxy) is 2. The highest BCUT2D eigenvalue weighted by Gasteiger charge is 2.41. The van der Waals surface area contributed by atoms with Gasteiger partial charge in [0.2, 0.25) is 0 Å². The van der Waals surface area contributed by atoms with Crippen molar-refractivity contribution in [3.05, 3.63) is 29.6 Å². The lowest BCUT2D eigenvalue weighted by Crippen LogP contribution is -2.43. The zero-order chi connectivity index (χ0) is 14.0. The Hall–Kier alpha value is -0.780. The van der Waals surface area contributed by atoms with Gasteiger partial charge in [-0.2, -0.15) is 11.8 Å². The number of rotatable bonds is 3. The molecule has 2 N–H and O–H groups in total. The third-order valence-corrected chi connectivity index (χ3v) is 5.29. The van der Waals surface area contributed by atoms with E-state index in [9.17, 15) is 4.39 Å². The van der Waals surface area contributed by atoms with Crippen molar-refractivity contribution in [2.24, 2.45) is 5.73 Å². The van der Waals surface area contributed by atoms with Gasteiger partial charge in [-0.1, -0.05) is 6.07 Å². The van der Waals surface area contributed by atoms with Crippen LogP contribution in [0.5, 0.6) is 5.75 Å². The Labute approximate surface area is 123 Å². The quantitative estimate of drug-likeness (QED) is 0.931. The zero-order valence-corrected chi connectivity index (χ0v) is 12.3. The summed E-state index contributed by atoms with van der Waals surface area (Å²) in [5.74, 6) is 2.51. The van der Waals surface area contributed by atoms with Crippen LogP contribution in [0.1, 0.15) is 24.8 Å². The van der Waals surface area contributed by atoms with Gasteiger partial charge in [0.05, 0.1) is 12.2 Å². The molecule has 2 aliphatic heterocycles. The van der Waals surface area contributed by atoms with Crippen molar-refractivity contribution >= 4 is 11.8 Å². The number of hydrogen-bond donors (Lipinski definition) is 1. The van der Waals surface area contributed by atoms with Gasteiger partial charge in [-0.3, -0.25) is 0 Å². The van der Waals surface area contributed by atoms with Crippen LogP contribution in [0.3, 0.4) is 0 Å². The van der Waals surface area contributed by atoms with E-state index in [1.54, 1.807) is 12.1 Å². The van der Waals surface area contributed by atoms with Gasteiger partial charge in [0.15, 0.2) is 0 Å². The van der Waals surface area contributed by atoms with Gasteiger partial charge in [0, 0.05) is 36.8 Å². The van der Waals surface area contributed by atoms with Gasteiger partial charge < -0.3 is 15.2 Å². The number of halogens is 1. The number of thioether (sulfide) groups is 1. The molecule has 2 aliphatic rings. The first kappa shape index (κ1) is 14.2. The Morgan fingerprint density at radius 1 is 1.50 bits per heavy atom. The third-order valence-electron chi connectivity index (χ3n) is 4.06. The minimum Gasteiger partial charge on any atom is -0.490 e. The zero-order valence-electron chi connectivity index (χ0n) is 11.4. The van der Waals surface area contributed by atoms with Crippen LogP contribution >= 0.6 is 11.8 Å². The lowest BCUT2D eigenvalue weighted by atomic mass is 9.91. The van der Waals surface area contributed by atoms with Crippen LogP contribution in [0.25, 0.3) is 0 Å². The van der Waals surface area contributed by atoms with E-state index in [1.165, 1.54) is 6.07 Å². The van der Waals surface area contributed by atoms with E-state index in [0.29, 0.717) is 11.3 Å². The van der Waals surface area contributed by atoms with E-state index in [4.69, 9.17) is 15.2 Å². The minimum absolute atomic E-state index is 0.0106. The highest BCUT2D eigenvalue weighted by atomic mass is 32.2. The molecule has 0 saturated carbocycles. The Morgan fingerprint density at radius 2 is 2.40 bits per heavy atom. The first-order valence-corrected chi connectivity index (χ1v) is 8.23. The van der Waals surface area contributed by atoms with Crippen LogP contribution in [0, 0.1) is 5.82 Å². The number of benzene rings is 1. The van der Waals surface area contributed by atoms with E-state index >= 15 is 0 Å². The first-order chi connectivity index (χ1) is 9.71. The monoisotopic (exact) mass is 297 g/mol. The van der Waals surface area contributed by atoms with Gasteiger partial charge in [0.25, 0.3) is 0 Å². The molecule has 2 fully saturated rings. The minimum atomic E-state index is -0.289. The molecule has 2 unspecified atom stereocenters. The van der Waals surface area contributed by atoms with E-state index in [-0.39, 0.29) is 24.1 Å².